The highest BCUT2D eigenvalue weighted by Gasteiger charge is 2.62. The molecule has 6 saturated heterocycles. The van der Waals surface area contributed by atoms with Crippen molar-refractivity contribution in [3.05, 3.63) is 0 Å². The van der Waals surface area contributed by atoms with Crippen molar-refractivity contribution in [3.8, 4) is 0 Å². The van der Waals surface area contributed by atoms with Crippen LogP contribution >= 0.6 is 0 Å². The van der Waals surface area contributed by atoms with Crippen molar-refractivity contribution in [2.75, 3.05) is 39.6 Å². The number of fused-ring (bicyclic) bond motifs is 6. The number of rotatable bonds is 10. The van der Waals surface area contributed by atoms with E-state index < -0.39 is 35.7 Å². The highest BCUT2D eigenvalue weighted by atomic mass is 16.9. The molecule has 0 amide bonds. The van der Waals surface area contributed by atoms with Crippen LogP contribution in [0.15, 0.2) is 0 Å². The lowest BCUT2D eigenvalue weighted by molar-refractivity contribution is -0.244. The Kier molecular flexibility index (Phi) is 8.28. The topological polar surface area (TPSA) is 120 Å². The number of hydrogen-bond acceptors (Lipinski definition) is 13. The Bertz CT molecular complexity index is 853. The lowest BCUT2D eigenvalue weighted by Gasteiger charge is -2.37. The quantitative estimate of drug-likeness (QED) is 0.345. The Balaban J connectivity index is 0.892. The summed E-state index contributed by atoms with van der Waals surface area (Å²) in [5, 5.41) is 0. The fourth-order valence-electron chi connectivity index (χ4n) is 6.39. The van der Waals surface area contributed by atoms with E-state index in [0.29, 0.717) is 39.6 Å². The normalized spacial score (nSPS) is 44.8. The van der Waals surface area contributed by atoms with E-state index >= 15 is 0 Å². The minimum Gasteiger partial charge on any atom is -0.377 e. The summed E-state index contributed by atoms with van der Waals surface area (Å²) in [5.41, 5.74) is 0. The van der Waals surface area contributed by atoms with Crippen LogP contribution in [-0.2, 0) is 61.6 Å². The van der Waals surface area contributed by atoms with Crippen LogP contribution in [0.4, 0.5) is 0 Å². The van der Waals surface area contributed by atoms with Gasteiger partial charge >= 0.3 is 0 Å². The molecule has 0 radical (unpaired) electrons. The Labute approximate surface area is 241 Å². The van der Waals surface area contributed by atoms with E-state index in [9.17, 15) is 0 Å². The molecule has 0 N–H and O–H groups in total. The minimum absolute atomic E-state index is 0.298. The van der Waals surface area contributed by atoms with Gasteiger partial charge in [0.1, 0.15) is 48.8 Å². The lowest BCUT2D eigenvalue weighted by Crippen LogP contribution is -2.56. The second-order valence-electron chi connectivity index (χ2n) is 13.2. The van der Waals surface area contributed by atoms with Gasteiger partial charge in [-0.2, -0.15) is 0 Å². The van der Waals surface area contributed by atoms with Crippen molar-refractivity contribution in [2.45, 2.75) is 140 Å². The molecule has 6 aliphatic rings. The molecule has 6 heterocycles. The Morgan fingerprint density at radius 1 is 0.390 bits per heavy atom. The SMILES string of the molecule is CC1(C)O[C@@H]2O[C@@H](COCCOCCOC[C@@H]3O[C@H]4OC(C)(C)O[C@H]4[C@@H]4OC(C)(C)O[C@@H]43)[C@H]3OC(C)(C)O[C@H]3[C@@H]2O1. The van der Waals surface area contributed by atoms with Crippen molar-refractivity contribution in [1.82, 2.24) is 0 Å². The van der Waals surface area contributed by atoms with E-state index in [4.69, 9.17) is 61.6 Å². The van der Waals surface area contributed by atoms with Gasteiger partial charge < -0.3 is 61.6 Å². The summed E-state index contributed by atoms with van der Waals surface area (Å²) >= 11 is 0. The highest BCUT2D eigenvalue weighted by molar-refractivity contribution is 5.01. The van der Waals surface area contributed by atoms with E-state index in [1.165, 1.54) is 0 Å². The van der Waals surface area contributed by atoms with Crippen LogP contribution in [0.25, 0.3) is 0 Å². The second-order valence-corrected chi connectivity index (χ2v) is 13.2. The molecule has 0 bridgehead atoms. The molecule has 6 fully saturated rings. The first-order valence-electron chi connectivity index (χ1n) is 14.7. The van der Waals surface area contributed by atoms with E-state index in [1.807, 2.05) is 55.4 Å². The van der Waals surface area contributed by atoms with Crippen molar-refractivity contribution in [1.29, 1.82) is 0 Å². The zero-order chi connectivity index (χ0) is 29.2. The molecular weight excluding hydrogens is 544 g/mol. The maximum absolute atomic E-state index is 6.16. The zero-order valence-electron chi connectivity index (χ0n) is 25.3. The smallest absolute Gasteiger partial charge is 0.190 e. The van der Waals surface area contributed by atoms with Gasteiger partial charge in [-0.15, -0.1) is 0 Å². The molecule has 0 aromatic carbocycles. The molecule has 0 unspecified atom stereocenters. The van der Waals surface area contributed by atoms with Crippen LogP contribution < -0.4 is 0 Å². The Morgan fingerprint density at radius 3 is 1.12 bits per heavy atom. The fraction of sp³-hybridized carbons (Fsp3) is 1.00. The van der Waals surface area contributed by atoms with Gasteiger partial charge in [0.15, 0.2) is 35.7 Å². The predicted molar refractivity (Wildman–Crippen MR) is 138 cm³/mol. The van der Waals surface area contributed by atoms with E-state index in [1.54, 1.807) is 0 Å². The van der Waals surface area contributed by atoms with Crippen LogP contribution in [0.2, 0.25) is 0 Å². The summed E-state index contributed by atoms with van der Waals surface area (Å²) in [7, 11) is 0. The molecule has 0 aromatic heterocycles. The van der Waals surface area contributed by atoms with Gasteiger partial charge in [0, 0.05) is 0 Å². The largest absolute Gasteiger partial charge is 0.377 e. The molecule has 41 heavy (non-hydrogen) atoms. The van der Waals surface area contributed by atoms with E-state index in [0.717, 1.165) is 0 Å². The van der Waals surface area contributed by atoms with Crippen LogP contribution in [-0.4, -0.2) is 124 Å². The van der Waals surface area contributed by atoms with Crippen molar-refractivity contribution in [2.24, 2.45) is 0 Å². The summed E-state index contributed by atoms with van der Waals surface area (Å²) in [6.07, 6.45) is -3.71. The molecule has 6 aliphatic heterocycles. The van der Waals surface area contributed by atoms with Gasteiger partial charge in [-0.3, -0.25) is 0 Å². The third kappa shape index (κ3) is 6.63. The molecule has 0 aliphatic carbocycles. The molecule has 0 saturated carbocycles. The van der Waals surface area contributed by atoms with E-state index in [-0.39, 0.29) is 48.8 Å². The molecule has 0 spiro atoms. The van der Waals surface area contributed by atoms with Crippen molar-refractivity contribution >= 4 is 0 Å². The summed E-state index contributed by atoms with van der Waals surface area (Å²) in [6, 6.07) is 0. The van der Waals surface area contributed by atoms with Gasteiger partial charge in [0.05, 0.1) is 39.6 Å². The van der Waals surface area contributed by atoms with Gasteiger partial charge in [-0.05, 0) is 55.4 Å². The van der Waals surface area contributed by atoms with Gasteiger partial charge in [0.2, 0.25) is 0 Å². The first kappa shape index (κ1) is 30.5. The average Bonchev–Trinajstić information content (AvgIpc) is 3.55. The van der Waals surface area contributed by atoms with Crippen LogP contribution in [0, 0.1) is 0 Å². The van der Waals surface area contributed by atoms with Gasteiger partial charge in [-0.1, -0.05) is 0 Å². The second kappa shape index (κ2) is 11.1. The van der Waals surface area contributed by atoms with Gasteiger partial charge in [0.25, 0.3) is 0 Å². The van der Waals surface area contributed by atoms with Crippen molar-refractivity contribution < 1.29 is 61.6 Å². The standard InChI is InChI=1S/C28H46O13/c1-25(2)34-17-15(32-23-21(19(17)36-25)38-27(5,6)40-23)13-30-11-9-29-10-12-31-14-16-18-20(37-26(3,4)35-18)22-24(33-16)41-28(7,8)39-22/h15-24H,9-14H2,1-8H3/t15-,16-,17+,18+,19+,20+,21-,22-,23-,24-/m0/s1. The first-order chi connectivity index (χ1) is 19.2. The molecule has 6 rings (SSSR count). The van der Waals surface area contributed by atoms with Gasteiger partial charge in [-0.25, -0.2) is 0 Å². The monoisotopic (exact) mass is 590 g/mol. The molecule has 236 valence electrons. The predicted octanol–water partition coefficient (Wildman–Crippen LogP) is 1.83. The average molecular weight is 591 g/mol. The summed E-state index contributed by atoms with van der Waals surface area (Å²) in [4.78, 5) is 0. The summed E-state index contributed by atoms with van der Waals surface area (Å²) < 4.78 is 78.3. The molecule has 13 nitrogen and oxygen atoms in total. The number of hydrogen-bond donors (Lipinski definition) is 0. The Morgan fingerprint density at radius 2 is 0.707 bits per heavy atom. The summed E-state index contributed by atoms with van der Waals surface area (Å²) in [5.74, 6) is -2.98. The van der Waals surface area contributed by atoms with Crippen molar-refractivity contribution in [3.63, 3.8) is 0 Å². The van der Waals surface area contributed by atoms with E-state index in [2.05, 4.69) is 0 Å². The maximum atomic E-state index is 6.16. The molecule has 0 aromatic rings. The minimum atomic E-state index is -0.751. The maximum Gasteiger partial charge on any atom is 0.190 e. The highest BCUT2D eigenvalue weighted by Crippen LogP contribution is 2.45. The van der Waals surface area contributed by atoms with Crippen LogP contribution in [0.3, 0.4) is 0 Å². The zero-order valence-corrected chi connectivity index (χ0v) is 25.3. The van der Waals surface area contributed by atoms with Crippen LogP contribution in [0.5, 0.6) is 0 Å². The number of ether oxygens (including phenoxy) is 13. The lowest BCUT2D eigenvalue weighted by atomic mass is 9.99. The Hall–Kier alpha value is -0.520. The molecular formula is C28H46O13. The molecule has 10 atom stereocenters. The molecule has 13 heteroatoms. The third-order valence-electron chi connectivity index (χ3n) is 7.81. The summed E-state index contributed by atoms with van der Waals surface area (Å²) in [6.45, 7) is 17.2. The fourth-order valence-corrected chi connectivity index (χ4v) is 6.39. The third-order valence-corrected chi connectivity index (χ3v) is 7.81. The first-order valence-corrected chi connectivity index (χ1v) is 14.7. The van der Waals surface area contributed by atoms with Crippen LogP contribution in [0.1, 0.15) is 55.4 Å².